The molecule has 1 N–H and O–H groups in total. The summed E-state index contributed by atoms with van der Waals surface area (Å²) in [6.45, 7) is 4.80. The maximum Gasteiger partial charge on any atom is 0.304 e. The fourth-order valence-electron chi connectivity index (χ4n) is 4.41. The summed E-state index contributed by atoms with van der Waals surface area (Å²) in [5.41, 5.74) is 5.15. The van der Waals surface area contributed by atoms with Crippen LogP contribution in [0.25, 0.3) is 10.9 Å². The van der Waals surface area contributed by atoms with Crippen LogP contribution < -0.4 is 4.74 Å². The number of carboxylic acid groups (broad SMARTS) is 1. The number of sulfone groups is 1. The first-order chi connectivity index (χ1) is 17.7. The largest absolute Gasteiger partial charge is 0.489 e. The number of hydrogen-bond donors (Lipinski definition) is 1. The van der Waals surface area contributed by atoms with Crippen molar-refractivity contribution in [2.75, 3.05) is 6.26 Å². The smallest absolute Gasteiger partial charge is 0.304 e. The number of nitrogens with zero attached hydrogens (tertiary/aromatic N) is 1. The molecule has 0 saturated carbocycles. The highest BCUT2D eigenvalue weighted by Gasteiger charge is 2.14. The number of carbonyl (C=O) groups is 1. The zero-order valence-corrected chi connectivity index (χ0v) is 21.9. The highest BCUT2D eigenvalue weighted by Crippen LogP contribution is 2.27. The molecular formula is C30H29NO5S. The number of hydrogen-bond acceptors (Lipinski definition) is 4. The second-order valence-electron chi connectivity index (χ2n) is 9.05. The molecule has 0 aliphatic rings. The zero-order valence-electron chi connectivity index (χ0n) is 21.1. The van der Waals surface area contributed by atoms with Gasteiger partial charge in [-0.25, -0.2) is 8.42 Å². The van der Waals surface area contributed by atoms with E-state index in [-0.39, 0.29) is 12.3 Å². The number of benzene rings is 3. The van der Waals surface area contributed by atoms with Gasteiger partial charge in [-0.05, 0) is 71.8 Å². The van der Waals surface area contributed by atoms with Crippen LogP contribution >= 0.6 is 0 Å². The van der Waals surface area contributed by atoms with E-state index in [9.17, 15) is 13.2 Å². The van der Waals surface area contributed by atoms with Crippen LogP contribution in [0.5, 0.6) is 5.75 Å². The minimum absolute atomic E-state index is 0.0399. The van der Waals surface area contributed by atoms with Gasteiger partial charge < -0.3 is 14.4 Å². The van der Waals surface area contributed by atoms with Gasteiger partial charge in [0.15, 0.2) is 9.84 Å². The quantitative estimate of drug-likeness (QED) is 0.295. The third-order valence-electron chi connectivity index (χ3n) is 6.37. The summed E-state index contributed by atoms with van der Waals surface area (Å²) in [7, 11) is -3.22. The van der Waals surface area contributed by atoms with Crippen LogP contribution in [0, 0.1) is 18.8 Å². The lowest BCUT2D eigenvalue weighted by Gasteiger charge is -2.14. The zero-order chi connectivity index (χ0) is 26.6. The van der Waals surface area contributed by atoms with Gasteiger partial charge in [0.25, 0.3) is 0 Å². The van der Waals surface area contributed by atoms with Crippen LogP contribution in [0.3, 0.4) is 0 Å². The first-order valence-corrected chi connectivity index (χ1v) is 13.8. The Labute approximate surface area is 217 Å². The first kappa shape index (κ1) is 26.1. The molecule has 7 heteroatoms. The summed E-state index contributed by atoms with van der Waals surface area (Å²) < 4.78 is 31.7. The maximum absolute atomic E-state index is 11.7. The fraction of sp³-hybridized carbons (Fsp3) is 0.233. The number of ether oxygens (including phenoxy) is 1. The Morgan fingerprint density at radius 1 is 1.03 bits per heavy atom. The minimum Gasteiger partial charge on any atom is -0.489 e. The van der Waals surface area contributed by atoms with Crippen molar-refractivity contribution in [2.45, 2.75) is 44.2 Å². The number of rotatable bonds is 9. The van der Waals surface area contributed by atoms with Crippen LogP contribution in [-0.2, 0) is 27.8 Å². The Hall–Kier alpha value is -4.02. The molecule has 4 rings (SSSR count). The van der Waals surface area contributed by atoms with Gasteiger partial charge in [0.2, 0.25) is 0 Å². The van der Waals surface area contributed by atoms with E-state index in [0.717, 1.165) is 33.2 Å². The first-order valence-electron chi connectivity index (χ1n) is 11.9. The van der Waals surface area contributed by atoms with Crippen molar-refractivity contribution in [2.24, 2.45) is 0 Å². The predicted molar refractivity (Wildman–Crippen MR) is 145 cm³/mol. The molecule has 0 aliphatic heterocycles. The van der Waals surface area contributed by atoms with Gasteiger partial charge >= 0.3 is 5.97 Å². The Morgan fingerprint density at radius 3 is 2.35 bits per heavy atom. The van der Waals surface area contributed by atoms with Gasteiger partial charge in [0, 0.05) is 19.0 Å². The molecular weight excluding hydrogens is 486 g/mol. The van der Waals surface area contributed by atoms with E-state index in [1.54, 1.807) is 19.1 Å². The van der Waals surface area contributed by atoms with Gasteiger partial charge in [-0.2, -0.15) is 0 Å². The molecule has 0 radical (unpaired) electrons. The lowest BCUT2D eigenvalue weighted by molar-refractivity contribution is -0.137. The molecule has 0 bridgehead atoms. The van der Waals surface area contributed by atoms with E-state index in [1.165, 1.54) is 6.26 Å². The van der Waals surface area contributed by atoms with Crippen molar-refractivity contribution < 1.29 is 23.1 Å². The molecule has 1 aromatic heterocycles. The second kappa shape index (κ2) is 10.9. The number of aryl methyl sites for hydroxylation is 1. The Morgan fingerprint density at radius 2 is 1.73 bits per heavy atom. The molecule has 0 amide bonds. The molecule has 1 heterocycles. The second-order valence-corrected chi connectivity index (χ2v) is 11.1. The van der Waals surface area contributed by atoms with Gasteiger partial charge in [-0.1, -0.05) is 42.3 Å². The van der Waals surface area contributed by atoms with Gasteiger partial charge in [-0.15, -0.1) is 5.92 Å². The molecule has 0 aliphatic carbocycles. The molecule has 3 aromatic carbocycles. The number of carboxylic acids is 1. The van der Waals surface area contributed by atoms with E-state index in [0.29, 0.717) is 23.8 Å². The standard InChI is InChI=1S/C30H29NO5S/c1-4-5-25(18-29(32)33)23-10-12-27(13-11-23)36-20-26-9-8-24-16-17-31(30(24)21(26)2)19-22-6-14-28(15-7-22)37(3,34)35/h6-17,25H,18-20H2,1-3H3,(H,32,33)/t25-/m0/s1. The van der Waals surface area contributed by atoms with E-state index in [2.05, 4.69) is 41.5 Å². The number of aromatic nitrogens is 1. The van der Waals surface area contributed by atoms with Crippen LogP contribution in [0.2, 0.25) is 0 Å². The summed E-state index contributed by atoms with van der Waals surface area (Å²) >= 11 is 0. The Balaban J connectivity index is 1.50. The van der Waals surface area contributed by atoms with Crippen molar-refractivity contribution in [3.63, 3.8) is 0 Å². The molecule has 0 saturated heterocycles. The third kappa shape index (κ3) is 6.22. The molecule has 4 aromatic rings. The molecule has 0 fully saturated rings. The SMILES string of the molecule is CC#C[C@@H](CC(=O)O)c1ccc(OCc2ccc3ccn(Cc4ccc(S(C)(=O)=O)cc4)c3c2C)cc1. The van der Waals surface area contributed by atoms with E-state index < -0.39 is 15.8 Å². The van der Waals surface area contributed by atoms with Crippen LogP contribution in [0.4, 0.5) is 0 Å². The van der Waals surface area contributed by atoms with Crippen LogP contribution in [0.1, 0.15) is 41.5 Å². The average Bonchev–Trinajstić information content (AvgIpc) is 3.26. The van der Waals surface area contributed by atoms with Crippen molar-refractivity contribution in [3.05, 3.63) is 95.2 Å². The predicted octanol–water partition coefficient (Wildman–Crippen LogP) is 5.56. The van der Waals surface area contributed by atoms with Gasteiger partial charge in [0.1, 0.15) is 12.4 Å². The average molecular weight is 516 g/mol. The number of aliphatic carboxylic acids is 1. The third-order valence-corrected chi connectivity index (χ3v) is 7.50. The Kier molecular flexibility index (Phi) is 7.70. The van der Waals surface area contributed by atoms with Crippen molar-refractivity contribution >= 4 is 26.7 Å². The summed E-state index contributed by atoms with van der Waals surface area (Å²) in [6, 6.07) is 20.6. The highest BCUT2D eigenvalue weighted by atomic mass is 32.2. The van der Waals surface area contributed by atoms with Crippen LogP contribution in [0.15, 0.2) is 77.8 Å². The lowest BCUT2D eigenvalue weighted by Crippen LogP contribution is -2.05. The van der Waals surface area contributed by atoms with Gasteiger partial charge in [0.05, 0.1) is 22.8 Å². The summed E-state index contributed by atoms with van der Waals surface area (Å²) in [5.74, 6) is 5.24. The molecule has 37 heavy (non-hydrogen) atoms. The number of fused-ring (bicyclic) bond motifs is 1. The van der Waals surface area contributed by atoms with Crippen LogP contribution in [-0.4, -0.2) is 30.3 Å². The van der Waals surface area contributed by atoms with E-state index in [4.69, 9.17) is 9.84 Å². The molecule has 190 valence electrons. The van der Waals surface area contributed by atoms with Crippen molar-refractivity contribution in [3.8, 4) is 17.6 Å². The molecule has 1 atom stereocenters. The van der Waals surface area contributed by atoms with Gasteiger partial charge in [-0.3, -0.25) is 4.79 Å². The van der Waals surface area contributed by atoms with E-state index >= 15 is 0 Å². The lowest BCUT2D eigenvalue weighted by atomic mass is 9.96. The highest BCUT2D eigenvalue weighted by molar-refractivity contribution is 7.90. The normalized spacial score (nSPS) is 12.1. The molecule has 0 unspecified atom stereocenters. The Bertz CT molecular complexity index is 1590. The molecule has 6 nitrogen and oxygen atoms in total. The van der Waals surface area contributed by atoms with E-state index in [1.807, 2.05) is 42.6 Å². The summed E-state index contributed by atoms with van der Waals surface area (Å²) in [5, 5.41) is 10.3. The topological polar surface area (TPSA) is 85.6 Å². The summed E-state index contributed by atoms with van der Waals surface area (Å²) in [4.78, 5) is 11.5. The monoisotopic (exact) mass is 515 g/mol. The molecule has 0 spiro atoms. The minimum atomic E-state index is -3.22. The summed E-state index contributed by atoms with van der Waals surface area (Å²) in [6.07, 6.45) is 3.21. The fourth-order valence-corrected chi connectivity index (χ4v) is 5.04. The van der Waals surface area contributed by atoms with Crippen molar-refractivity contribution in [1.82, 2.24) is 4.57 Å². The maximum atomic E-state index is 11.7. The van der Waals surface area contributed by atoms with Crippen molar-refractivity contribution in [1.29, 1.82) is 0 Å².